The molecular formula is C12H11BrN4O. The van der Waals surface area contributed by atoms with Crippen molar-refractivity contribution in [3.8, 4) is 0 Å². The van der Waals surface area contributed by atoms with Gasteiger partial charge in [-0.2, -0.15) is 0 Å². The van der Waals surface area contributed by atoms with Gasteiger partial charge in [0.2, 0.25) is 0 Å². The molecule has 2 rings (SSSR count). The Balaban J connectivity index is 2.36. The van der Waals surface area contributed by atoms with Gasteiger partial charge in [0.05, 0.1) is 17.6 Å². The van der Waals surface area contributed by atoms with Crippen molar-refractivity contribution in [1.82, 2.24) is 9.97 Å². The Bertz CT molecular complexity index is 588. The molecule has 0 unspecified atom stereocenters. The number of nitrogens with zero attached hydrogens (tertiary/aromatic N) is 3. The van der Waals surface area contributed by atoms with Crippen molar-refractivity contribution in [2.75, 3.05) is 17.7 Å². The summed E-state index contributed by atoms with van der Waals surface area (Å²) in [5.74, 6) is -0.236. The highest BCUT2D eigenvalue weighted by Crippen LogP contribution is 2.23. The molecule has 2 aromatic rings. The van der Waals surface area contributed by atoms with Crippen LogP contribution in [0.25, 0.3) is 0 Å². The lowest BCUT2D eigenvalue weighted by Gasteiger charge is -2.18. The first-order valence-electron chi connectivity index (χ1n) is 5.19. The predicted molar refractivity (Wildman–Crippen MR) is 73.3 cm³/mol. The van der Waals surface area contributed by atoms with Crippen LogP contribution in [0.15, 0.2) is 41.3 Å². The zero-order valence-corrected chi connectivity index (χ0v) is 11.3. The summed E-state index contributed by atoms with van der Waals surface area (Å²) < 4.78 is 0.648. The third kappa shape index (κ3) is 2.33. The van der Waals surface area contributed by atoms with Crippen LogP contribution in [0.4, 0.5) is 11.4 Å². The molecule has 2 heterocycles. The SMILES string of the molecule is CN(C(=O)c1ncccc1Br)c1ccncc1N. The van der Waals surface area contributed by atoms with E-state index >= 15 is 0 Å². The lowest BCUT2D eigenvalue weighted by Crippen LogP contribution is -2.28. The quantitative estimate of drug-likeness (QED) is 0.922. The molecule has 2 N–H and O–H groups in total. The van der Waals surface area contributed by atoms with Crippen LogP contribution >= 0.6 is 15.9 Å². The summed E-state index contributed by atoms with van der Waals surface area (Å²) in [7, 11) is 1.65. The number of carbonyl (C=O) groups excluding carboxylic acids is 1. The van der Waals surface area contributed by atoms with Crippen molar-refractivity contribution >= 4 is 33.2 Å². The van der Waals surface area contributed by atoms with E-state index in [4.69, 9.17) is 5.73 Å². The minimum Gasteiger partial charge on any atom is -0.396 e. The van der Waals surface area contributed by atoms with Gasteiger partial charge in [0.1, 0.15) is 5.69 Å². The molecule has 0 spiro atoms. The molecule has 2 aromatic heterocycles. The first-order valence-corrected chi connectivity index (χ1v) is 5.98. The van der Waals surface area contributed by atoms with Crippen molar-refractivity contribution in [2.45, 2.75) is 0 Å². The lowest BCUT2D eigenvalue weighted by molar-refractivity contribution is 0.0987. The van der Waals surface area contributed by atoms with Gasteiger partial charge in [0.15, 0.2) is 0 Å². The summed E-state index contributed by atoms with van der Waals surface area (Å²) in [6.45, 7) is 0. The van der Waals surface area contributed by atoms with Gasteiger partial charge in [-0.1, -0.05) is 0 Å². The number of pyridine rings is 2. The number of hydrogen-bond donors (Lipinski definition) is 1. The molecule has 0 bridgehead atoms. The van der Waals surface area contributed by atoms with E-state index in [0.29, 0.717) is 21.5 Å². The monoisotopic (exact) mass is 306 g/mol. The normalized spacial score (nSPS) is 10.1. The molecule has 0 aliphatic carbocycles. The number of carbonyl (C=O) groups is 1. The van der Waals surface area contributed by atoms with E-state index in [1.165, 1.54) is 11.1 Å². The van der Waals surface area contributed by atoms with Crippen molar-refractivity contribution in [2.24, 2.45) is 0 Å². The summed E-state index contributed by atoms with van der Waals surface area (Å²) in [6, 6.07) is 5.20. The van der Waals surface area contributed by atoms with Crippen LogP contribution in [0.1, 0.15) is 10.5 Å². The first kappa shape index (κ1) is 12.5. The number of rotatable bonds is 2. The number of anilines is 2. The van der Waals surface area contributed by atoms with Crippen LogP contribution in [0.2, 0.25) is 0 Å². The van der Waals surface area contributed by atoms with Gasteiger partial charge < -0.3 is 10.6 Å². The molecule has 1 amide bonds. The number of aromatic nitrogens is 2. The zero-order chi connectivity index (χ0) is 13.1. The third-order valence-corrected chi connectivity index (χ3v) is 3.09. The van der Waals surface area contributed by atoms with Crippen LogP contribution < -0.4 is 10.6 Å². The average molecular weight is 307 g/mol. The average Bonchev–Trinajstić information content (AvgIpc) is 2.38. The minimum atomic E-state index is -0.236. The molecule has 92 valence electrons. The molecule has 0 atom stereocenters. The van der Waals surface area contributed by atoms with Crippen LogP contribution in [-0.4, -0.2) is 22.9 Å². The largest absolute Gasteiger partial charge is 0.396 e. The van der Waals surface area contributed by atoms with E-state index in [9.17, 15) is 4.79 Å². The number of nitrogen functional groups attached to an aromatic ring is 1. The second-order valence-electron chi connectivity index (χ2n) is 3.63. The molecule has 0 radical (unpaired) electrons. The predicted octanol–water partition coefficient (Wildman–Crippen LogP) is 2.10. The van der Waals surface area contributed by atoms with Crippen LogP contribution in [-0.2, 0) is 0 Å². The smallest absolute Gasteiger partial charge is 0.277 e. The van der Waals surface area contributed by atoms with Gasteiger partial charge in [-0.05, 0) is 34.1 Å². The Labute approximate surface area is 113 Å². The summed E-state index contributed by atoms with van der Waals surface area (Å²) >= 11 is 3.30. The standard InChI is InChI=1S/C12H11BrN4O/c1-17(10-4-6-15-7-9(10)14)12(18)11-8(13)3-2-5-16-11/h2-7H,14H2,1H3. The molecule has 0 saturated carbocycles. The van der Waals surface area contributed by atoms with Crippen molar-refractivity contribution < 1.29 is 4.79 Å². The molecule has 6 heteroatoms. The Morgan fingerprint density at radius 3 is 2.83 bits per heavy atom. The summed E-state index contributed by atoms with van der Waals surface area (Å²) in [5, 5.41) is 0. The maximum atomic E-state index is 12.3. The highest BCUT2D eigenvalue weighted by atomic mass is 79.9. The summed E-state index contributed by atoms with van der Waals surface area (Å²) in [5.41, 5.74) is 7.18. The van der Waals surface area contributed by atoms with Crippen LogP contribution in [0.3, 0.4) is 0 Å². The lowest BCUT2D eigenvalue weighted by atomic mass is 10.2. The van der Waals surface area contributed by atoms with Gasteiger partial charge >= 0.3 is 0 Å². The van der Waals surface area contributed by atoms with E-state index in [1.807, 2.05) is 0 Å². The molecule has 0 aliphatic rings. The van der Waals surface area contributed by atoms with Gasteiger partial charge in [-0.25, -0.2) is 4.98 Å². The van der Waals surface area contributed by atoms with E-state index < -0.39 is 0 Å². The van der Waals surface area contributed by atoms with E-state index in [-0.39, 0.29) is 5.91 Å². The van der Waals surface area contributed by atoms with Gasteiger partial charge in [0.25, 0.3) is 5.91 Å². The third-order valence-electron chi connectivity index (χ3n) is 2.45. The Hall–Kier alpha value is -1.95. The van der Waals surface area contributed by atoms with Gasteiger partial charge in [0, 0.05) is 23.9 Å². The molecule has 0 aromatic carbocycles. The number of halogens is 1. The highest BCUT2D eigenvalue weighted by molar-refractivity contribution is 9.10. The van der Waals surface area contributed by atoms with Crippen molar-refractivity contribution in [3.63, 3.8) is 0 Å². The van der Waals surface area contributed by atoms with Crippen LogP contribution in [0.5, 0.6) is 0 Å². The molecular weight excluding hydrogens is 296 g/mol. The molecule has 18 heavy (non-hydrogen) atoms. The number of nitrogens with two attached hydrogens (primary N) is 1. The Morgan fingerprint density at radius 2 is 2.17 bits per heavy atom. The first-order chi connectivity index (χ1) is 8.61. The van der Waals surface area contributed by atoms with E-state index in [0.717, 1.165) is 0 Å². The van der Waals surface area contributed by atoms with E-state index in [2.05, 4.69) is 25.9 Å². The summed E-state index contributed by atoms with van der Waals surface area (Å²) in [6.07, 6.45) is 4.66. The second-order valence-corrected chi connectivity index (χ2v) is 4.49. The Morgan fingerprint density at radius 1 is 1.39 bits per heavy atom. The highest BCUT2D eigenvalue weighted by Gasteiger charge is 2.18. The fourth-order valence-corrected chi connectivity index (χ4v) is 1.94. The zero-order valence-electron chi connectivity index (χ0n) is 9.67. The molecule has 5 nitrogen and oxygen atoms in total. The second kappa shape index (κ2) is 5.14. The molecule has 0 aliphatic heterocycles. The fourth-order valence-electron chi connectivity index (χ4n) is 1.52. The maximum absolute atomic E-state index is 12.3. The molecule has 0 saturated heterocycles. The van der Waals surface area contributed by atoms with Crippen molar-refractivity contribution in [1.29, 1.82) is 0 Å². The summed E-state index contributed by atoms with van der Waals surface area (Å²) in [4.78, 5) is 21.7. The van der Waals surface area contributed by atoms with Gasteiger partial charge in [-0.15, -0.1) is 0 Å². The maximum Gasteiger partial charge on any atom is 0.277 e. The minimum absolute atomic E-state index is 0.236. The van der Waals surface area contributed by atoms with E-state index in [1.54, 1.807) is 37.6 Å². The fraction of sp³-hybridized carbons (Fsp3) is 0.0833. The molecule has 0 fully saturated rings. The number of hydrogen-bond acceptors (Lipinski definition) is 4. The van der Waals surface area contributed by atoms with Crippen molar-refractivity contribution in [3.05, 3.63) is 47.0 Å². The van der Waals surface area contributed by atoms with Gasteiger partial charge in [-0.3, -0.25) is 9.78 Å². The number of amides is 1. The Kier molecular flexibility index (Phi) is 3.57. The van der Waals surface area contributed by atoms with Crippen LogP contribution in [0, 0.1) is 0 Å². The topological polar surface area (TPSA) is 72.1 Å².